The lowest BCUT2D eigenvalue weighted by Gasteiger charge is -2.24. The summed E-state index contributed by atoms with van der Waals surface area (Å²) < 4.78 is 38.2. The van der Waals surface area contributed by atoms with Crippen LogP contribution in [0.3, 0.4) is 0 Å². The molecule has 1 aromatic heterocycles. The summed E-state index contributed by atoms with van der Waals surface area (Å²) in [5.74, 6) is -0.167. The van der Waals surface area contributed by atoms with Gasteiger partial charge in [-0.25, -0.2) is 4.98 Å². The van der Waals surface area contributed by atoms with E-state index in [4.69, 9.17) is 5.73 Å². The van der Waals surface area contributed by atoms with Crippen molar-refractivity contribution in [2.24, 2.45) is 11.1 Å². The van der Waals surface area contributed by atoms with Crippen LogP contribution in [0.4, 0.5) is 19.0 Å². The fraction of sp³-hybridized carbons (Fsp3) is 0.615. The zero-order chi connectivity index (χ0) is 14.7. The summed E-state index contributed by atoms with van der Waals surface area (Å²) in [7, 11) is 0. The highest BCUT2D eigenvalue weighted by Crippen LogP contribution is 2.33. The number of hydrogen-bond acceptors (Lipinski definition) is 3. The molecule has 0 radical (unpaired) electrons. The molecule has 1 unspecified atom stereocenters. The van der Waals surface area contributed by atoms with Crippen LogP contribution in [0, 0.1) is 5.41 Å². The number of aromatic nitrogens is 1. The molecular weight excluding hydrogens is 255 g/mol. The predicted octanol–water partition coefficient (Wildman–Crippen LogP) is 3.28. The topological polar surface area (TPSA) is 50.9 Å². The van der Waals surface area contributed by atoms with E-state index in [0.717, 1.165) is 6.07 Å². The summed E-state index contributed by atoms with van der Waals surface area (Å²) in [5.41, 5.74) is 5.17. The number of halogens is 3. The average molecular weight is 275 g/mol. The van der Waals surface area contributed by atoms with E-state index >= 15 is 0 Å². The fourth-order valence-corrected chi connectivity index (χ4v) is 1.86. The summed E-state index contributed by atoms with van der Waals surface area (Å²) in [6.07, 6.45) is -2.37. The van der Waals surface area contributed by atoms with Gasteiger partial charge in [-0.2, -0.15) is 13.2 Å². The van der Waals surface area contributed by atoms with E-state index in [1.807, 2.05) is 20.8 Å². The third kappa shape index (κ3) is 5.46. The SMILES string of the molecule is CC(C)(C)CC(N)CNc1ncccc1C(F)(F)F. The quantitative estimate of drug-likeness (QED) is 0.886. The first kappa shape index (κ1) is 15.8. The molecule has 1 rings (SSSR count). The highest BCUT2D eigenvalue weighted by molar-refractivity contribution is 5.45. The monoisotopic (exact) mass is 275 g/mol. The molecule has 0 saturated carbocycles. The number of nitrogens with two attached hydrogens (primary N) is 1. The molecule has 3 nitrogen and oxygen atoms in total. The first-order chi connectivity index (χ1) is 8.59. The summed E-state index contributed by atoms with van der Waals surface area (Å²) in [6.45, 7) is 6.37. The summed E-state index contributed by atoms with van der Waals surface area (Å²) in [4.78, 5) is 3.73. The molecule has 0 fully saturated rings. The van der Waals surface area contributed by atoms with Crippen LogP contribution >= 0.6 is 0 Å². The molecular formula is C13H20F3N3. The Morgan fingerprint density at radius 2 is 1.95 bits per heavy atom. The van der Waals surface area contributed by atoms with Crippen molar-refractivity contribution in [3.8, 4) is 0 Å². The first-order valence-corrected chi connectivity index (χ1v) is 6.11. The van der Waals surface area contributed by atoms with Crippen LogP contribution in [0.2, 0.25) is 0 Å². The number of pyridine rings is 1. The molecule has 1 atom stereocenters. The molecule has 19 heavy (non-hydrogen) atoms. The van der Waals surface area contributed by atoms with Gasteiger partial charge in [0.15, 0.2) is 0 Å². The van der Waals surface area contributed by atoms with Crippen LogP contribution in [0.5, 0.6) is 0 Å². The number of nitrogens with one attached hydrogen (secondary N) is 1. The lowest BCUT2D eigenvalue weighted by atomic mass is 9.88. The molecule has 0 aliphatic rings. The Morgan fingerprint density at radius 1 is 1.32 bits per heavy atom. The third-order valence-electron chi connectivity index (χ3n) is 2.52. The van der Waals surface area contributed by atoms with Crippen molar-refractivity contribution in [2.45, 2.75) is 39.4 Å². The Morgan fingerprint density at radius 3 is 2.47 bits per heavy atom. The van der Waals surface area contributed by atoms with Crippen LogP contribution in [-0.4, -0.2) is 17.6 Å². The standard InChI is InChI=1S/C13H20F3N3/c1-12(2,3)7-9(17)8-19-11-10(13(14,15)16)5-4-6-18-11/h4-6,9H,7-8,17H2,1-3H3,(H,18,19). The van der Waals surface area contributed by atoms with Gasteiger partial charge in [-0.1, -0.05) is 20.8 Å². The highest BCUT2D eigenvalue weighted by Gasteiger charge is 2.34. The van der Waals surface area contributed by atoms with E-state index in [1.54, 1.807) is 0 Å². The molecule has 0 aliphatic carbocycles. The fourth-order valence-electron chi connectivity index (χ4n) is 1.86. The van der Waals surface area contributed by atoms with Gasteiger partial charge >= 0.3 is 6.18 Å². The Kier molecular flexibility index (Phi) is 4.79. The number of rotatable bonds is 4. The number of anilines is 1. The van der Waals surface area contributed by atoms with E-state index in [0.29, 0.717) is 6.42 Å². The minimum atomic E-state index is -4.41. The van der Waals surface area contributed by atoms with Crippen molar-refractivity contribution in [2.75, 3.05) is 11.9 Å². The zero-order valence-electron chi connectivity index (χ0n) is 11.4. The van der Waals surface area contributed by atoms with Crippen molar-refractivity contribution in [1.82, 2.24) is 4.98 Å². The van der Waals surface area contributed by atoms with E-state index < -0.39 is 11.7 Å². The van der Waals surface area contributed by atoms with E-state index in [1.165, 1.54) is 12.3 Å². The second kappa shape index (κ2) is 5.77. The lowest BCUT2D eigenvalue weighted by Crippen LogP contribution is -2.33. The van der Waals surface area contributed by atoms with E-state index in [-0.39, 0.29) is 23.8 Å². The maximum absolute atomic E-state index is 12.7. The van der Waals surface area contributed by atoms with Crippen LogP contribution in [-0.2, 0) is 6.18 Å². The van der Waals surface area contributed by atoms with Gasteiger partial charge in [-0.15, -0.1) is 0 Å². The van der Waals surface area contributed by atoms with Gasteiger partial charge in [0.2, 0.25) is 0 Å². The second-order valence-corrected chi connectivity index (χ2v) is 5.80. The normalized spacial score (nSPS) is 14.3. The van der Waals surface area contributed by atoms with E-state index in [9.17, 15) is 13.2 Å². The van der Waals surface area contributed by atoms with E-state index in [2.05, 4.69) is 10.3 Å². The Balaban J connectivity index is 2.68. The van der Waals surface area contributed by atoms with Gasteiger partial charge in [-0.3, -0.25) is 0 Å². The molecule has 1 heterocycles. The molecule has 108 valence electrons. The molecule has 3 N–H and O–H groups in total. The Labute approximate surface area is 111 Å². The van der Waals surface area contributed by atoms with Gasteiger partial charge in [0.1, 0.15) is 5.82 Å². The summed E-state index contributed by atoms with van der Waals surface area (Å²) >= 11 is 0. The highest BCUT2D eigenvalue weighted by atomic mass is 19.4. The van der Waals surface area contributed by atoms with Gasteiger partial charge in [0, 0.05) is 18.8 Å². The molecule has 6 heteroatoms. The van der Waals surface area contributed by atoms with Gasteiger partial charge < -0.3 is 11.1 Å². The predicted molar refractivity (Wildman–Crippen MR) is 69.8 cm³/mol. The van der Waals surface area contributed by atoms with Crippen molar-refractivity contribution < 1.29 is 13.2 Å². The zero-order valence-corrected chi connectivity index (χ0v) is 11.4. The maximum atomic E-state index is 12.7. The molecule has 0 aromatic carbocycles. The van der Waals surface area contributed by atoms with Crippen LogP contribution in [0.25, 0.3) is 0 Å². The van der Waals surface area contributed by atoms with Crippen molar-refractivity contribution in [3.63, 3.8) is 0 Å². The molecule has 1 aromatic rings. The lowest BCUT2D eigenvalue weighted by molar-refractivity contribution is -0.137. The summed E-state index contributed by atoms with van der Waals surface area (Å²) in [6, 6.07) is 2.05. The van der Waals surface area contributed by atoms with Crippen LogP contribution in [0.15, 0.2) is 18.3 Å². The van der Waals surface area contributed by atoms with Crippen molar-refractivity contribution >= 4 is 5.82 Å². The van der Waals surface area contributed by atoms with Crippen molar-refractivity contribution in [1.29, 1.82) is 0 Å². The Hall–Kier alpha value is -1.30. The molecule has 0 amide bonds. The van der Waals surface area contributed by atoms with Gasteiger partial charge in [0.05, 0.1) is 5.56 Å². The molecule has 0 spiro atoms. The first-order valence-electron chi connectivity index (χ1n) is 6.11. The second-order valence-electron chi connectivity index (χ2n) is 5.80. The smallest absolute Gasteiger partial charge is 0.368 e. The van der Waals surface area contributed by atoms with Crippen LogP contribution < -0.4 is 11.1 Å². The number of nitrogens with zero attached hydrogens (tertiary/aromatic N) is 1. The molecule has 0 aliphatic heterocycles. The minimum absolute atomic E-state index is 0.0398. The average Bonchev–Trinajstić information content (AvgIpc) is 2.23. The third-order valence-corrected chi connectivity index (χ3v) is 2.52. The molecule has 0 bridgehead atoms. The Bertz CT molecular complexity index is 410. The van der Waals surface area contributed by atoms with Crippen molar-refractivity contribution in [3.05, 3.63) is 23.9 Å². The maximum Gasteiger partial charge on any atom is 0.419 e. The van der Waals surface area contributed by atoms with Gasteiger partial charge in [-0.05, 0) is 24.0 Å². The number of hydrogen-bond donors (Lipinski definition) is 2. The minimum Gasteiger partial charge on any atom is -0.368 e. The largest absolute Gasteiger partial charge is 0.419 e. The number of alkyl halides is 3. The van der Waals surface area contributed by atoms with Gasteiger partial charge in [0.25, 0.3) is 0 Å². The van der Waals surface area contributed by atoms with Crippen LogP contribution in [0.1, 0.15) is 32.8 Å². The summed E-state index contributed by atoms with van der Waals surface area (Å²) in [5, 5.41) is 2.69. The molecule has 0 saturated heterocycles.